The van der Waals surface area contributed by atoms with E-state index in [1.807, 2.05) is 6.92 Å². The molecule has 22 heavy (non-hydrogen) atoms. The summed E-state index contributed by atoms with van der Waals surface area (Å²) in [6.45, 7) is 4.47. The van der Waals surface area contributed by atoms with Crippen molar-refractivity contribution in [2.45, 2.75) is 44.9 Å². The molecule has 0 aromatic heterocycles. The van der Waals surface area contributed by atoms with Gasteiger partial charge in [0.25, 0.3) is 0 Å². The van der Waals surface area contributed by atoms with Gasteiger partial charge in [-0.2, -0.15) is 0 Å². The van der Waals surface area contributed by atoms with Crippen LogP contribution < -0.4 is 5.32 Å². The predicted octanol–water partition coefficient (Wildman–Crippen LogP) is 2.73. The zero-order valence-electron chi connectivity index (χ0n) is 12.8. The van der Waals surface area contributed by atoms with E-state index in [0.29, 0.717) is 31.6 Å². The highest BCUT2D eigenvalue weighted by molar-refractivity contribution is 5.75. The van der Waals surface area contributed by atoms with Gasteiger partial charge in [0.2, 0.25) is 0 Å². The standard InChI is InChI=1S/C16H21F2NO3/c1-3-13(16(20)21-4-2)19-14-7-8-22-15(14)10-5-6-11(17)12(18)9-10/h5-6,9,13-15,19H,3-4,7-8H2,1-2H3/t13?,14-,15+/m1/s1. The molecule has 0 spiro atoms. The van der Waals surface area contributed by atoms with E-state index in [0.717, 1.165) is 12.1 Å². The van der Waals surface area contributed by atoms with Gasteiger partial charge in [-0.25, -0.2) is 8.78 Å². The highest BCUT2D eigenvalue weighted by atomic mass is 19.2. The molecule has 1 saturated heterocycles. The summed E-state index contributed by atoms with van der Waals surface area (Å²) in [4.78, 5) is 11.9. The average molecular weight is 313 g/mol. The summed E-state index contributed by atoms with van der Waals surface area (Å²) in [5, 5.41) is 3.22. The van der Waals surface area contributed by atoms with Gasteiger partial charge in [0.1, 0.15) is 6.04 Å². The Bertz CT molecular complexity index is 524. The van der Waals surface area contributed by atoms with Crippen LogP contribution in [-0.2, 0) is 14.3 Å². The lowest BCUT2D eigenvalue weighted by molar-refractivity contribution is -0.146. The second-order valence-electron chi connectivity index (χ2n) is 5.24. The van der Waals surface area contributed by atoms with Crippen LogP contribution in [-0.4, -0.2) is 31.3 Å². The number of esters is 1. The maximum Gasteiger partial charge on any atom is 0.323 e. The number of ether oxygens (including phenoxy) is 2. The van der Waals surface area contributed by atoms with Crippen LogP contribution >= 0.6 is 0 Å². The highest BCUT2D eigenvalue weighted by Crippen LogP contribution is 2.30. The van der Waals surface area contributed by atoms with Crippen molar-refractivity contribution in [1.82, 2.24) is 5.32 Å². The van der Waals surface area contributed by atoms with E-state index in [4.69, 9.17) is 9.47 Å². The van der Waals surface area contributed by atoms with Gasteiger partial charge in [-0.05, 0) is 37.5 Å². The SMILES string of the molecule is CCOC(=O)C(CC)N[C@@H]1CCO[C@H]1c1ccc(F)c(F)c1. The van der Waals surface area contributed by atoms with Crippen molar-refractivity contribution in [3.05, 3.63) is 35.4 Å². The molecule has 1 aliphatic heterocycles. The minimum absolute atomic E-state index is 0.140. The van der Waals surface area contributed by atoms with E-state index in [2.05, 4.69) is 5.32 Å². The molecule has 0 radical (unpaired) electrons. The molecule has 122 valence electrons. The molecule has 1 fully saturated rings. The summed E-state index contributed by atoms with van der Waals surface area (Å²) >= 11 is 0. The zero-order valence-corrected chi connectivity index (χ0v) is 12.8. The molecule has 1 aliphatic rings. The monoisotopic (exact) mass is 313 g/mol. The minimum Gasteiger partial charge on any atom is -0.465 e. The molecule has 2 rings (SSSR count). The van der Waals surface area contributed by atoms with E-state index in [9.17, 15) is 13.6 Å². The molecule has 0 aliphatic carbocycles. The fraction of sp³-hybridized carbons (Fsp3) is 0.562. The van der Waals surface area contributed by atoms with Gasteiger partial charge < -0.3 is 9.47 Å². The number of hydrogen-bond acceptors (Lipinski definition) is 4. The summed E-state index contributed by atoms with van der Waals surface area (Å²) in [5.41, 5.74) is 0.563. The Hall–Kier alpha value is -1.53. The normalized spacial score (nSPS) is 22.5. The molecule has 1 N–H and O–H groups in total. The van der Waals surface area contributed by atoms with Crippen molar-refractivity contribution < 1.29 is 23.0 Å². The molecular weight excluding hydrogens is 292 g/mol. The Labute approximate surface area is 128 Å². The summed E-state index contributed by atoms with van der Waals surface area (Å²) in [5.74, 6) is -2.09. The third-order valence-corrected chi connectivity index (χ3v) is 3.76. The van der Waals surface area contributed by atoms with Gasteiger partial charge >= 0.3 is 5.97 Å². The topological polar surface area (TPSA) is 47.6 Å². The van der Waals surface area contributed by atoms with Crippen LogP contribution in [0, 0.1) is 11.6 Å². The van der Waals surface area contributed by atoms with Crippen molar-refractivity contribution in [1.29, 1.82) is 0 Å². The molecule has 1 aromatic carbocycles. The second-order valence-corrected chi connectivity index (χ2v) is 5.24. The number of benzene rings is 1. The predicted molar refractivity (Wildman–Crippen MR) is 77.3 cm³/mol. The molecule has 1 heterocycles. The molecule has 1 unspecified atom stereocenters. The smallest absolute Gasteiger partial charge is 0.323 e. The number of carbonyl (C=O) groups excluding carboxylic acids is 1. The minimum atomic E-state index is -0.899. The van der Waals surface area contributed by atoms with Crippen LogP contribution in [0.2, 0.25) is 0 Å². The van der Waals surface area contributed by atoms with Crippen molar-refractivity contribution in [2.75, 3.05) is 13.2 Å². The van der Waals surface area contributed by atoms with E-state index in [1.165, 1.54) is 6.07 Å². The van der Waals surface area contributed by atoms with Crippen molar-refractivity contribution in [2.24, 2.45) is 0 Å². The molecule has 4 nitrogen and oxygen atoms in total. The zero-order chi connectivity index (χ0) is 16.1. The van der Waals surface area contributed by atoms with E-state index in [-0.39, 0.29) is 12.0 Å². The fourth-order valence-electron chi connectivity index (χ4n) is 2.63. The first-order chi connectivity index (χ1) is 10.6. The molecule has 6 heteroatoms. The van der Waals surface area contributed by atoms with Crippen LogP contribution in [0.5, 0.6) is 0 Å². The maximum atomic E-state index is 13.4. The van der Waals surface area contributed by atoms with Crippen LogP contribution in [0.3, 0.4) is 0 Å². The van der Waals surface area contributed by atoms with Gasteiger partial charge in [0, 0.05) is 12.6 Å². The molecule has 0 saturated carbocycles. The first-order valence-corrected chi connectivity index (χ1v) is 7.56. The Balaban J connectivity index is 2.09. The second kappa shape index (κ2) is 7.65. The first-order valence-electron chi connectivity index (χ1n) is 7.56. The van der Waals surface area contributed by atoms with Gasteiger partial charge in [0.15, 0.2) is 11.6 Å². The molecule has 3 atom stereocenters. The lowest BCUT2D eigenvalue weighted by Crippen LogP contribution is -2.45. The summed E-state index contributed by atoms with van der Waals surface area (Å²) in [6.07, 6.45) is 0.873. The Kier molecular flexibility index (Phi) is 5.85. The quantitative estimate of drug-likeness (QED) is 0.820. The largest absolute Gasteiger partial charge is 0.465 e. The molecular formula is C16H21F2NO3. The van der Waals surface area contributed by atoms with Gasteiger partial charge in [-0.1, -0.05) is 13.0 Å². The van der Waals surface area contributed by atoms with Crippen LogP contribution in [0.25, 0.3) is 0 Å². The number of hydrogen-bond donors (Lipinski definition) is 1. The number of halogens is 2. The van der Waals surface area contributed by atoms with Gasteiger partial charge in [-0.15, -0.1) is 0 Å². The average Bonchev–Trinajstić information content (AvgIpc) is 2.96. The summed E-state index contributed by atoms with van der Waals surface area (Å²) < 4.78 is 37.1. The van der Waals surface area contributed by atoms with Crippen molar-refractivity contribution >= 4 is 5.97 Å². The Morgan fingerprint density at radius 2 is 2.18 bits per heavy atom. The van der Waals surface area contributed by atoms with Gasteiger partial charge in [0.05, 0.1) is 12.7 Å². The van der Waals surface area contributed by atoms with Crippen LogP contribution in [0.15, 0.2) is 18.2 Å². The fourth-order valence-corrected chi connectivity index (χ4v) is 2.63. The Morgan fingerprint density at radius 3 is 2.82 bits per heavy atom. The van der Waals surface area contributed by atoms with Crippen molar-refractivity contribution in [3.63, 3.8) is 0 Å². The molecule has 1 aromatic rings. The summed E-state index contributed by atoms with van der Waals surface area (Å²) in [6, 6.07) is 3.17. The Morgan fingerprint density at radius 1 is 1.41 bits per heavy atom. The summed E-state index contributed by atoms with van der Waals surface area (Å²) in [7, 11) is 0. The molecule has 0 amide bonds. The number of carbonyl (C=O) groups is 1. The van der Waals surface area contributed by atoms with E-state index in [1.54, 1.807) is 6.92 Å². The lowest BCUT2D eigenvalue weighted by Gasteiger charge is -2.24. The van der Waals surface area contributed by atoms with E-state index >= 15 is 0 Å². The number of nitrogens with one attached hydrogen (secondary N) is 1. The maximum absolute atomic E-state index is 13.4. The highest BCUT2D eigenvalue weighted by Gasteiger charge is 2.33. The third kappa shape index (κ3) is 3.81. The first kappa shape index (κ1) is 16.8. The van der Waals surface area contributed by atoms with Crippen LogP contribution in [0.1, 0.15) is 38.4 Å². The lowest BCUT2D eigenvalue weighted by atomic mass is 10.0. The van der Waals surface area contributed by atoms with E-state index < -0.39 is 23.8 Å². The third-order valence-electron chi connectivity index (χ3n) is 3.76. The number of rotatable bonds is 6. The van der Waals surface area contributed by atoms with Gasteiger partial charge in [-0.3, -0.25) is 10.1 Å². The molecule has 0 bridgehead atoms. The van der Waals surface area contributed by atoms with Crippen LogP contribution in [0.4, 0.5) is 8.78 Å². The van der Waals surface area contributed by atoms with Crippen molar-refractivity contribution in [3.8, 4) is 0 Å².